The number of nitrogens with zero attached hydrogens (tertiary/aromatic N) is 3. The topological polar surface area (TPSA) is 30.7 Å². The van der Waals surface area contributed by atoms with Gasteiger partial charge >= 0.3 is 0 Å². The molecule has 0 saturated carbocycles. The molecule has 3 nitrogen and oxygen atoms in total. The molecule has 0 bridgehead atoms. The molecular weight excluding hydrogens is 181 g/mol. The van der Waals surface area contributed by atoms with E-state index in [1.807, 2.05) is 19.3 Å². The number of aryl methyl sites for hydroxylation is 2. The molecule has 2 aromatic rings. The second-order valence-electron chi connectivity index (χ2n) is 3.22. The van der Waals surface area contributed by atoms with Crippen LogP contribution in [0.4, 0.5) is 4.39 Å². The van der Waals surface area contributed by atoms with E-state index < -0.39 is 5.95 Å². The summed E-state index contributed by atoms with van der Waals surface area (Å²) in [5.74, 6) is -0.455. The van der Waals surface area contributed by atoms with E-state index in [-0.39, 0.29) is 0 Å². The summed E-state index contributed by atoms with van der Waals surface area (Å²) in [5, 5.41) is 4.03. The molecule has 0 unspecified atom stereocenters. The SMILES string of the molecule is Cc1cc(-c2cnn(C)c2)cc(F)n1. The Morgan fingerprint density at radius 2 is 2.07 bits per heavy atom. The molecule has 2 rings (SSSR count). The lowest BCUT2D eigenvalue weighted by molar-refractivity contribution is 0.581. The standard InChI is InChI=1S/C10H10FN3/c1-7-3-8(4-10(11)13-7)9-5-12-14(2)6-9/h3-6H,1-2H3. The maximum Gasteiger partial charge on any atom is 0.213 e. The molecule has 0 N–H and O–H groups in total. The van der Waals surface area contributed by atoms with Crippen LogP contribution in [0.3, 0.4) is 0 Å². The largest absolute Gasteiger partial charge is 0.275 e. The second-order valence-corrected chi connectivity index (χ2v) is 3.22. The zero-order valence-corrected chi connectivity index (χ0v) is 8.03. The van der Waals surface area contributed by atoms with Gasteiger partial charge in [0.1, 0.15) is 0 Å². The lowest BCUT2D eigenvalue weighted by Gasteiger charge is -1.98. The number of halogens is 1. The van der Waals surface area contributed by atoms with Crippen LogP contribution in [-0.4, -0.2) is 14.8 Å². The van der Waals surface area contributed by atoms with E-state index in [9.17, 15) is 4.39 Å². The van der Waals surface area contributed by atoms with Crippen LogP contribution in [-0.2, 0) is 7.05 Å². The average Bonchev–Trinajstić information content (AvgIpc) is 2.50. The minimum absolute atomic E-state index is 0.455. The summed E-state index contributed by atoms with van der Waals surface area (Å²) in [4.78, 5) is 3.67. The predicted molar refractivity (Wildman–Crippen MR) is 51.1 cm³/mol. The second kappa shape index (κ2) is 3.21. The fourth-order valence-electron chi connectivity index (χ4n) is 1.37. The first kappa shape index (κ1) is 8.87. The van der Waals surface area contributed by atoms with Gasteiger partial charge in [0.25, 0.3) is 0 Å². The van der Waals surface area contributed by atoms with Crippen molar-refractivity contribution in [1.82, 2.24) is 14.8 Å². The quantitative estimate of drug-likeness (QED) is 0.645. The molecule has 0 aliphatic rings. The monoisotopic (exact) mass is 191 g/mol. The van der Waals surface area contributed by atoms with E-state index in [2.05, 4.69) is 10.1 Å². The minimum Gasteiger partial charge on any atom is -0.275 e. The van der Waals surface area contributed by atoms with Crippen molar-refractivity contribution in [1.29, 1.82) is 0 Å². The number of hydrogen-bond donors (Lipinski definition) is 0. The van der Waals surface area contributed by atoms with Gasteiger partial charge in [-0.2, -0.15) is 9.49 Å². The molecule has 0 amide bonds. The molecule has 0 atom stereocenters. The van der Waals surface area contributed by atoms with E-state index in [1.165, 1.54) is 6.07 Å². The van der Waals surface area contributed by atoms with E-state index in [0.29, 0.717) is 5.69 Å². The summed E-state index contributed by atoms with van der Waals surface area (Å²) in [7, 11) is 1.83. The lowest BCUT2D eigenvalue weighted by atomic mass is 10.1. The van der Waals surface area contributed by atoms with Crippen molar-refractivity contribution in [3.63, 3.8) is 0 Å². The molecule has 14 heavy (non-hydrogen) atoms. The van der Waals surface area contributed by atoms with Gasteiger partial charge in [0.05, 0.1) is 6.20 Å². The van der Waals surface area contributed by atoms with E-state index in [0.717, 1.165) is 11.1 Å². The number of pyridine rings is 1. The van der Waals surface area contributed by atoms with Gasteiger partial charge in [-0.25, -0.2) is 4.98 Å². The van der Waals surface area contributed by atoms with Crippen molar-refractivity contribution >= 4 is 0 Å². The number of aromatic nitrogens is 3. The highest BCUT2D eigenvalue weighted by molar-refractivity contribution is 5.61. The zero-order valence-electron chi connectivity index (χ0n) is 8.03. The Kier molecular flexibility index (Phi) is 2.04. The van der Waals surface area contributed by atoms with Gasteiger partial charge in [0, 0.05) is 30.6 Å². The highest BCUT2D eigenvalue weighted by atomic mass is 19.1. The molecule has 2 heterocycles. The molecule has 0 radical (unpaired) electrons. The molecule has 0 aromatic carbocycles. The Morgan fingerprint density at radius 3 is 2.64 bits per heavy atom. The Bertz CT molecular complexity index is 442. The van der Waals surface area contributed by atoms with Gasteiger partial charge in [-0.3, -0.25) is 4.68 Å². The molecule has 2 aromatic heterocycles. The molecule has 0 spiro atoms. The van der Waals surface area contributed by atoms with Crippen molar-refractivity contribution in [3.05, 3.63) is 36.2 Å². The van der Waals surface area contributed by atoms with Crippen LogP contribution >= 0.6 is 0 Å². The maximum atomic E-state index is 13.0. The van der Waals surface area contributed by atoms with Gasteiger partial charge in [-0.05, 0) is 18.6 Å². The third-order valence-corrected chi connectivity index (χ3v) is 1.96. The zero-order chi connectivity index (χ0) is 10.1. The third-order valence-electron chi connectivity index (χ3n) is 1.96. The lowest BCUT2D eigenvalue weighted by Crippen LogP contribution is -1.88. The van der Waals surface area contributed by atoms with Crippen LogP contribution in [0.2, 0.25) is 0 Å². The smallest absolute Gasteiger partial charge is 0.213 e. The van der Waals surface area contributed by atoms with Gasteiger partial charge in [0.15, 0.2) is 0 Å². The van der Waals surface area contributed by atoms with Crippen molar-refractivity contribution in [3.8, 4) is 11.1 Å². The number of rotatable bonds is 1. The fraction of sp³-hybridized carbons (Fsp3) is 0.200. The van der Waals surface area contributed by atoms with Crippen LogP contribution in [0.5, 0.6) is 0 Å². The van der Waals surface area contributed by atoms with Crippen LogP contribution in [0, 0.1) is 12.9 Å². The van der Waals surface area contributed by atoms with E-state index in [4.69, 9.17) is 0 Å². The van der Waals surface area contributed by atoms with Crippen molar-refractivity contribution in [2.24, 2.45) is 7.05 Å². The average molecular weight is 191 g/mol. The summed E-state index contributed by atoms with van der Waals surface area (Å²) in [6.45, 7) is 1.77. The molecule has 0 aliphatic heterocycles. The molecule has 0 fully saturated rings. The van der Waals surface area contributed by atoms with Crippen LogP contribution in [0.25, 0.3) is 11.1 Å². The van der Waals surface area contributed by atoms with Crippen LogP contribution in [0.15, 0.2) is 24.5 Å². The van der Waals surface area contributed by atoms with Crippen molar-refractivity contribution in [2.45, 2.75) is 6.92 Å². The fourth-order valence-corrected chi connectivity index (χ4v) is 1.37. The van der Waals surface area contributed by atoms with Crippen LogP contribution < -0.4 is 0 Å². The van der Waals surface area contributed by atoms with Crippen LogP contribution in [0.1, 0.15) is 5.69 Å². The van der Waals surface area contributed by atoms with E-state index in [1.54, 1.807) is 17.8 Å². The number of hydrogen-bond acceptors (Lipinski definition) is 2. The summed E-state index contributed by atoms with van der Waals surface area (Å²) >= 11 is 0. The Hall–Kier alpha value is -1.71. The molecule has 72 valence electrons. The first-order valence-electron chi connectivity index (χ1n) is 4.28. The Balaban J connectivity index is 2.51. The highest BCUT2D eigenvalue weighted by Gasteiger charge is 2.03. The van der Waals surface area contributed by atoms with Crippen molar-refractivity contribution in [2.75, 3.05) is 0 Å². The van der Waals surface area contributed by atoms with Crippen molar-refractivity contribution < 1.29 is 4.39 Å². The molecule has 0 aliphatic carbocycles. The minimum atomic E-state index is -0.455. The highest BCUT2D eigenvalue weighted by Crippen LogP contribution is 2.19. The van der Waals surface area contributed by atoms with E-state index >= 15 is 0 Å². The summed E-state index contributed by atoms with van der Waals surface area (Å²) in [6.07, 6.45) is 3.54. The first-order valence-corrected chi connectivity index (χ1v) is 4.28. The summed E-state index contributed by atoms with van der Waals surface area (Å²) in [6, 6.07) is 3.24. The molecule has 4 heteroatoms. The Labute approximate surface area is 81.2 Å². The predicted octanol–water partition coefficient (Wildman–Crippen LogP) is 1.93. The Morgan fingerprint density at radius 1 is 1.29 bits per heavy atom. The molecule has 0 saturated heterocycles. The first-order chi connectivity index (χ1) is 6.65. The van der Waals surface area contributed by atoms with Gasteiger partial charge in [-0.1, -0.05) is 0 Å². The third kappa shape index (κ3) is 1.64. The maximum absolute atomic E-state index is 13.0. The van der Waals surface area contributed by atoms with Gasteiger partial charge in [-0.15, -0.1) is 0 Å². The summed E-state index contributed by atoms with van der Waals surface area (Å²) < 4.78 is 14.7. The molecular formula is C10H10FN3. The van der Waals surface area contributed by atoms with Gasteiger partial charge in [0.2, 0.25) is 5.95 Å². The summed E-state index contributed by atoms with van der Waals surface area (Å²) in [5.41, 5.74) is 2.38. The van der Waals surface area contributed by atoms with Gasteiger partial charge < -0.3 is 0 Å². The normalized spacial score (nSPS) is 10.5.